The van der Waals surface area contributed by atoms with E-state index in [9.17, 15) is 9.59 Å². The molecule has 2 aromatic carbocycles. The van der Waals surface area contributed by atoms with Crippen molar-refractivity contribution in [2.75, 3.05) is 13.7 Å². The van der Waals surface area contributed by atoms with Crippen molar-refractivity contribution in [1.82, 2.24) is 5.32 Å². The van der Waals surface area contributed by atoms with Gasteiger partial charge in [-0.15, -0.1) is 0 Å². The first-order valence-electron chi connectivity index (χ1n) is 7.11. The van der Waals surface area contributed by atoms with Gasteiger partial charge in [0.1, 0.15) is 6.29 Å². The van der Waals surface area contributed by atoms with Gasteiger partial charge in [0.05, 0.1) is 19.7 Å². The van der Waals surface area contributed by atoms with Crippen LogP contribution in [0, 0.1) is 0 Å². The minimum absolute atomic E-state index is 0.00390. The number of aldehydes is 1. The van der Waals surface area contributed by atoms with Crippen molar-refractivity contribution in [3.63, 3.8) is 0 Å². The van der Waals surface area contributed by atoms with Crippen LogP contribution < -0.4 is 5.32 Å². The van der Waals surface area contributed by atoms with Gasteiger partial charge in [-0.25, -0.2) is 0 Å². The summed E-state index contributed by atoms with van der Waals surface area (Å²) in [5.41, 5.74) is 2.03. The number of hydrogen-bond donors (Lipinski definition) is 1. The minimum Gasteiger partial charge on any atom is -0.468 e. The molecule has 4 heteroatoms. The molecule has 0 fully saturated rings. The summed E-state index contributed by atoms with van der Waals surface area (Å²) in [6.07, 6.45) is 0.841. The van der Waals surface area contributed by atoms with Crippen LogP contribution in [0.4, 0.5) is 0 Å². The molecule has 1 N–H and O–H groups in total. The van der Waals surface area contributed by atoms with Gasteiger partial charge in [0.15, 0.2) is 0 Å². The van der Waals surface area contributed by atoms with Gasteiger partial charge in [-0.05, 0) is 11.1 Å². The predicted molar refractivity (Wildman–Crippen MR) is 84.6 cm³/mol. The molecule has 0 bridgehead atoms. The van der Waals surface area contributed by atoms with Crippen LogP contribution in [0.3, 0.4) is 0 Å². The Morgan fingerprint density at radius 3 is 1.95 bits per heavy atom. The number of esters is 1. The first-order valence-corrected chi connectivity index (χ1v) is 7.11. The number of rotatable bonds is 7. The smallest absolute Gasteiger partial charge is 0.319 e. The number of carbonyl (C=O) groups is 2. The van der Waals surface area contributed by atoms with E-state index in [1.165, 1.54) is 7.11 Å². The van der Waals surface area contributed by atoms with Crippen LogP contribution in [0.25, 0.3) is 0 Å². The molecule has 2 aromatic rings. The fourth-order valence-corrected chi connectivity index (χ4v) is 2.45. The average molecular weight is 297 g/mol. The molecule has 0 saturated heterocycles. The van der Waals surface area contributed by atoms with E-state index in [0.29, 0.717) is 0 Å². The summed E-state index contributed by atoms with van der Waals surface area (Å²) in [4.78, 5) is 22.9. The molecule has 22 heavy (non-hydrogen) atoms. The zero-order chi connectivity index (χ0) is 15.8. The number of hydrogen-bond acceptors (Lipinski definition) is 4. The van der Waals surface area contributed by atoms with E-state index >= 15 is 0 Å². The van der Waals surface area contributed by atoms with Crippen LogP contribution in [0.2, 0.25) is 0 Å². The fourth-order valence-electron chi connectivity index (χ4n) is 2.45. The third-order valence-electron chi connectivity index (χ3n) is 3.53. The van der Waals surface area contributed by atoms with E-state index in [0.717, 1.165) is 17.4 Å². The van der Waals surface area contributed by atoms with Crippen molar-refractivity contribution < 1.29 is 14.3 Å². The third-order valence-corrected chi connectivity index (χ3v) is 3.53. The molecule has 4 nitrogen and oxygen atoms in total. The first-order chi connectivity index (χ1) is 10.8. The van der Waals surface area contributed by atoms with Gasteiger partial charge in [0.25, 0.3) is 0 Å². The second-order valence-electron chi connectivity index (χ2n) is 4.92. The van der Waals surface area contributed by atoms with E-state index < -0.39 is 12.0 Å². The maximum atomic E-state index is 11.6. The summed E-state index contributed by atoms with van der Waals surface area (Å²) in [6.45, 7) is -0.00390. The largest absolute Gasteiger partial charge is 0.468 e. The van der Waals surface area contributed by atoms with E-state index in [2.05, 4.69) is 10.1 Å². The van der Waals surface area contributed by atoms with Crippen molar-refractivity contribution in [3.8, 4) is 0 Å². The van der Waals surface area contributed by atoms with E-state index in [4.69, 9.17) is 0 Å². The highest BCUT2D eigenvalue weighted by molar-refractivity contribution is 5.72. The molecule has 0 aliphatic carbocycles. The van der Waals surface area contributed by atoms with E-state index in [1.54, 1.807) is 0 Å². The lowest BCUT2D eigenvalue weighted by Crippen LogP contribution is -2.40. The lowest BCUT2D eigenvalue weighted by molar-refractivity contribution is -0.139. The number of ether oxygens (including phenoxy) is 1. The Balaban J connectivity index is 2.30. The van der Waals surface area contributed by atoms with Gasteiger partial charge in [0.2, 0.25) is 0 Å². The van der Waals surface area contributed by atoms with Gasteiger partial charge in [0, 0.05) is 5.92 Å². The highest BCUT2D eigenvalue weighted by Crippen LogP contribution is 2.27. The lowest BCUT2D eigenvalue weighted by Gasteiger charge is -2.24. The zero-order valence-corrected chi connectivity index (χ0v) is 12.4. The fraction of sp³-hybridized carbons (Fsp3) is 0.222. The predicted octanol–water partition coefficient (Wildman–Crippen LogP) is 2.15. The van der Waals surface area contributed by atoms with Crippen LogP contribution in [0.1, 0.15) is 17.0 Å². The Hall–Kier alpha value is -2.46. The summed E-state index contributed by atoms with van der Waals surface area (Å²) in [5, 5.41) is 2.97. The molecule has 1 atom stereocenters. The van der Waals surface area contributed by atoms with Crippen molar-refractivity contribution in [3.05, 3.63) is 71.8 Å². The number of carbonyl (C=O) groups excluding carboxylic acids is 2. The highest BCUT2D eigenvalue weighted by Gasteiger charge is 2.24. The molecule has 0 aliphatic rings. The Morgan fingerprint density at radius 1 is 1.05 bits per heavy atom. The Kier molecular flexibility index (Phi) is 5.86. The molecule has 0 spiro atoms. The van der Waals surface area contributed by atoms with Crippen LogP contribution in [-0.2, 0) is 14.3 Å². The van der Waals surface area contributed by atoms with Gasteiger partial charge >= 0.3 is 5.97 Å². The van der Waals surface area contributed by atoms with E-state index in [-0.39, 0.29) is 12.5 Å². The summed E-state index contributed by atoms with van der Waals surface area (Å²) >= 11 is 0. The second-order valence-corrected chi connectivity index (χ2v) is 4.92. The first kappa shape index (κ1) is 15.9. The Labute approximate surface area is 130 Å². The molecule has 0 aromatic heterocycles. The summed E-state index contributed by atoms with van der Waals surface area (Å²) in [6, 6.07) is 19.0. The molecule has 114 valence electrons. The van der Waals surface area contributed by atoms with Gasteiger partial charge < -0.3 is 9.53 Å². The highest BCUT2D eigenvalue weighted by atomic mass is 16.5. The number of nitrogens with one attached hydrogen (secondary N) is 1. The monoisotopic (exact) mass is 297 g/mol. The molecule has 0 amide bonds. The molecule has 0 heterocycles. The lowest BCUT2D eigenvalue weighted by atomic mass is 9.85. The van der Waals surface area contributed by atoms with Crippen LogP contribution in [0.15, 0.2) is 60.7 Å². The third kappa shape index (κ3) is 4.02. The molecular formula is C18H19NO3. The Morgan fingerprint density at radius 2 is 1.55 bits per heavy atom. The standard InChI is InChI=1S/C18H19NO3/c1-22-17(21)12-19-16(13-20)18(14-8-4-2-5-9-14)15-10-6-3-7-11-15/h2-11,13,16,18-19H,12H2,1H3/t16-/m0/s1. The minimum atomic E-state index is -0.510. The molecule has 0 unspecified atom stereocenters. The van der Waals surface area contributed by atoms with Crippen LogP contribution in [0.5, 0.6) is 0 Å². The molecule has 2 rings (SSSR count). The summed E-state index contributed by atoms with van der Waals surface area (Å²) < 4.78 is 4.62. The molecular weight excluding hydrogens is 278 g/mol. The number of benzene rings is 2. The maximum Gasteiger partial charge on any atom is 0.319 e. The molecule has 0 radical (unpaired) electrons. The van der Waals surface area contributed by atoms with Gasteiger partial charge in [-0.2, -0.15) is 0 Å². The van der Waals surface area contributed by atoms with Gasteiger partial charge in [-0.1, -0.05) is 60.7 Å². The van der Waals surface area contributed by atoms with Crippen molar-refractivity contribution >= 4 is 12.3 Å². The average Bonchev–Trinajstić information content (AvgIpc) is 2.59. The van der Waals surface area contributed by atoms with Crippen molar-refractivity contribution in [1.29, 1.82) is 0 Å². The van der Waals surface area contributed by atoms with E-state index in [1.807, 2.05) is 60.7 Å². The van der Waals surface area contributed by atoms with Crippen LogP contribution >= 0.6 is 0 Å². The molecule has 0 saturated carbocycles. The van der Waals surface area contributed by atoms with Crippen molar-refractivity contribution in [2.45, 2.75) is 12.0 Å². The van der Waals surface area contributed by atoms with Gasteiger partial charge in [-0.3, -0.25) is 10.1 Å². The Bertz CT molecular complexity index is 559. The van der Waals surface area contributed by atoms with Crippen LogP contribution in [-0.4, -0.2) is 32.0 Å². The quantitative estimate of drug-likeness (QED) is 0.628. The molecule has 0 aliphatic heterocycles. The summed E-state index contributed by atoms with van der Waals surface area (Å²) in [7, 11) is 1.33. The SMILES string of the molecule is COC(=O)CN[C@@H](C=O)C(c1ccccc1)c1ccccc1. The normalized spacial score (nSPS) is 11.9. The zero-order valence-electron chi connectivity index (χ0n) is 12.4. The second kappa shape index (κ2) is 8.10. The maximum absolute atomic E-state index is 11.6. The number of methoxy groups -OCH3 is 1. The topological polar surface area (TPSA) is 55.4 Å². The van der Waals surface area contributed by atoms with Crippen molar-refractivity contribution in [2.24, 2.45) is 0 Å². The summed E-state index contributed by atoms with van der Waals surface area (Å²) in [5.74, 6) is -0.559.